The van der Waals surface area contributed by atoms with Crippen molar-refractivity contribution in [3.63, 3.8) is 0 Å². The largest absolute Gasteiger partial charge is 0.339 e. The second kappa shape index (κ2) is 10.8. The van der Waals surface area contributed by atoms with Gasteiger partial charge in [0.05, 0.1) is 11.4 Å². The minimum absolute atomic E-state index is 0.434. The molecule has 2 aromatic heterocycles. The molecule has 2 N–H and O–H groups in total. The average molecular weight is 403 g/mol. The Balaban J connectivity index is 1.67. The lowest BCUT2D eigenvalue weighted by atomic mass is 10.1. The number of hydrazone groups is 1. The lowest BCUT2D eigenvalue weighted by Crippen LogP contribution is -2.26. The predicted molar refractivity (Wildman–Crippen MR) is 119 cm³/mol. The van der Waals surface area contributed by atoms with E-state index in [2.05, 4.69) is 44.6 Å². The van der Waals surface area contributed by atoms with Crippen molar-refractivity contribution in [1.82, 2.24) is 20.3 Å². The summed E-state index contributed by atoms with van der Waals surface area (Å²) >= 11 is 0. The van der Waals surface area contributed by atoms with Crippen LogP contribution in [0.15, 0.2) is 78.2 Å². The molecule has 30 heavy (non-hydrogen) atoms. The maximum absolute atomic E-state index is 12.4. The Morgan fingerprint density at radius 2 is 1.50 bits per heavy atom. The molecule has 1 aromatic carbocycles. The molecule has 0 aliphatic heterocycles. The zero-order chi connectivity index (χ0) is 21.2. The van der Waals surface area contributed by atoms with Crippen LogP contribution < -0.4 is 10.7 Å². The van der Waals surface area contributed by atoms with Gasteiger partial charge in [0, 0.05) is 24.6 Å². The first-order valence-corrected chi connectivity index (χ1v) is 9.98. The molecule has 0 radical (unpaired) electrons. The topological polar surface area (TPSA) is 82.5 Å². The summed E-state index contributed by atoms with van der Waals surface area (Å²) in [4.78, 5) is 23.3. The van der Waals surface area contributed by atoms with Crippen molar-refractivity contribution in [2.45, 2.75) is 20.4 Å². The first-order chi connectivity index (χ1) is 14.7. The number of aromatic nitrogens is 2. The highest BCUT2D eigenvalue weighted by Crippen LogP contribution is 2.12. The SMILES string of the molecule is CCN(CC)Cc1ccc(NC(=O)NN=C(c2ccccn2)c2ccccn2)cc1. The number of pyridine rings is 2. The minimum atomic E-state index is -0.434. The van der Waals surface area contributed by atoms with Gasteiger partial charge in [-0.05, 0) is 55.1 Å². The van der Waals surface area contributed by atoms with E-state index < -0.39 is 6.03 Å². The van der Waals surface area contributed by atoms with Crippen molar-refractivity contribution in [3.8, 4) is 0 Å². The summed E-state index contributed by atoms with van der Waals surface area (Å²) in [5, 5.41) is 7.06. The van der Waals surface area contributed by atoms with Crippen molar-refractivity contribution < 1.29 is 4.79 Å². The maximum Gasteiger partial charge on any atom is 0.339 e. The van der Waals surface area contributed by atoms with E-state index in [1.54, 1.807) is 12.4 Å². The second-order valence-electron chi connectivity index (χ2n) is 6.61. The van der Waals surface area contributed by atoms with Crippen LogP contribution in [0.5, 0.6) is 0 Å². The monoisotopic (exact) mass is 402 g/mol. The molecule has 0 saturated carbocycles. The Bertz CT molecular complexity index is 913. The summed E-state index contributed by atoms with van der Waals surface area (Å²) in [5.74, 6) is 0. The quantitative estimate of drug-likeness (QED) is 0.442. The number of anilines is 1. The molecule has 0 aliphatic carbocycles. The van der Waals surface area contributed by atoms with Gasteiger partial charge < -0.3 is 5.32 Å². The first kappa shape index (κ1) is 21.1. The third-order valence-electron chi connectivity index (χ3n) is 4.60. The number of carbonyl (C=O) groups excluding carboxylic acids is 1. The predicted octanol–water partition coefficient (Wildman–Crippen LogP) is 3.89. The van der Waals surface area contributed by atoms with Gasteiger partial charge in [-0.25, -0.2) is 10.2 Å². The van der Waals surface area contributed by atoms with E-state index in [1.807, 2.05) is 60.7 Å². The van der Waals surface area contributed by atoms with Crippen molar-refractivity contribution in [2.75, 3.05) is 18.4 Å². The Morgan fingerprint density at radius 1 is 0.900 bits per heavy atom. The molecule has 154 valence electrons. The van der Waals surface area contributed by atoms with E-state index in [0.717, 1.165) is 19.6 Å². The zero-order valence-electron chi connectivity index (χ0n) is 17.2. The molecule has 2 amide bonds. The molecule has 7 nitrogen and oxygen atoms in total. The van der Waals surface area contributed by atoms with Crippen LogP contribution in [-0.4, -0.2) is 39.7 Å². The maximum atomic E-state index is 12.4. The van der Waals surface area contributed by atoms with E-state index in [4.69, 9.17) is 0 Å². The fraction of sp³-hybridized carbons (Fsp3) is 0.217. The number of benzene rings is 1. The van der Waals surface area contributed by atoms with E-state index in [1.165, 1.54) is 5.56 Å². The number of nitrogens with one attached hydrogen (secondary N) is 2. The van der Waals surface area contributed by atoms with Gasteiger partial charge in [0.15, 0.2) is 0 Å². The first-order valence-electron chi connectivity index (χ1n) is 9.98. The molecular weight excluding hydrogens is 376 g/mol. The lowest BCUT2D eigenvalue weighted by Gasteiger charge is -2.18. The van der Waals surface area contributed by atoms with Crippen molar-refractivity contribution >= 4 is 17.4 Å². The van der Waals surface area contributed by atoms with Crippen LogP contribution in [0.3, 0.4) is 0 Å². The van der Waals surface area contributed by atoms with Crippen LogP contribution in [-0.2, 0) is 6.54 Å². The van der Waals surface area contributed by atoms with Gasteiger partial charge in [0.25, 0.3) is 0 Å². The van der Waals surface area contributed by atoms with Crippen LogP contribution in [0.4, 0.5) is 10.5 Å². The highest BCUT2D eigenvalue weighted by atomic mass is 16.2. The molecule has 0 unspecified atom stereocenters. The van der Waals surface area contributed by atoms with Crippen LogP contribution in [0.2, 0.25) is 0 Å². The highest BCUT2D eigenvalue weighted by Gasteiger charge is 2.11. The number of urea groups is 1. The summed E-state index contributed by atoms with van der Waals surface area (Å²) in [6, 6.07) is 18.4. The van der Waals surface area contributed by atoms with Gasteiger partial charge in [-0.2, -0.15) is 5.10 Å². The standard InChI is InChI=1S/C23H26N6O/c1-3-29(4-2)17-18-11-13-19(14-12-18)26-23(30)28-27-22(20-9-5-7-15-24-20)21-10-6-8-16-25-21/h5-16H,3-4,17H2,1-2H3,(H2,26,28,30). The molecule has 0 aliphatic rings. The molecule has 0 bridgehead atoms. The van der Waals surface area contributed by atoms with E-state index in [-0.39, 0.29) is 0 Å². The second-order valence-corrected chi connectivity index (χ2v) is 6.61. The summed E-state index contributed by atoms with van der Waals surface area (Å²) in [5.41, 5.74) is 6.18. The Labute approximate surface area is 176 Å². The van der Waals surface area contributed by atoms with Crippen molar-refractivity contribution in [3.05, 3.63) is 90.0 Å². The van der Waals surface area contributed by atoms with Gasteiger partial charge in [0.2, 0.25) is 0 Å². The highest BCUT2D eigenvalue weighted by molar-refractivity contribution is 6.10. The fourth-order valence-electron chi connectivity index (χ4n) is 2.92. The minimum Gasteiger partial charge on any atom is -0.307 e. The molecule has 7 heteroatoms. The molecule has 3 rings (SSSR count). The van der Waals surface area contributed by atoms with E-state index >= 15 is 0 Å². The molecule has 0 spiro atoms. The van der Waals surface area contributed by atoms with Crippen LogP contribution >= 0.6 is 0 Å². The Kier molecular flexibility index (Phi) is 7.63. The summed E-state index contributed by atoms with van der Waals surface area (Å²) < 4.78 is 0. The number of amides is 2. The Morgan fingerprint density at radius 3 is 2.00 bits per heavy atom. The normalized spacial score (nSPS) is 10.5. The lowest BCUT2D eigenvalue weighted by molar-refractivity contribution is 0.252. The molecule has 3 aromatic rings. The van der Waals surface area contributed by atoms with Gasteiger partial charge in [0.1, 0.15) is 5.71 Å². The van der Waals surface area contributed by atoms with Gasteiger partial charge in [-0.3, -0.25) is 14.9 Å². The smallest absolute Gasteiger partial charge is 0.307 e. The number of carbonyl (C=O) groups is 1. The van der Waals surface area contributed by atoms with E-state index in [0.29, 0.717) is 22.8 Å². The van der Waals surface area contributed by atoms with Crippen molar-refractivity contribution in [2.24, 2.45) is 5.10 Å². The number of hydrogen-bond acceptors (Lipinski definition) is 5. The van der Waals surface area contributed by atoms with Crippen molar-refractivity contribution in [1.29, 1.82) is 0 Å². The summed E-state index contributed by atoms with van der Waals surface area (Å²) in [6.45, 7) is 7.20. The Hall–Kier alpha value is -3.58. The number of hydrogen-bond donors (Lipinski definition) is 2. The average Bonchev–Trinajstić information content (AvgIpc) is 2.80. The van der Waals surface area contributed by atoms with E-state index in [9.17, 15) is 4.79 Å². The molecule has 2 heterocycles. The fourth-order valence-corrected chi connectivity index (χ4v) is 2.92. The number of nitrogens with zero attached hydrogens (tertiary/aromatic N) is 4. The van der Waals surface area contributed by atoms with Gasteiger partial charge >= 0.3 is 6.03 Å². The van der Waals surface area contributed by atoms with Crippen LogP contribution in [0.25, 0.3) is 0 Å². The zero-order valence-corrected chi connectivity index (χ0v) is 17.2. The van der Waals surface area contributed by atoms with Gasteiger partial charge in [-0.1, -0.05) is 38.1 Å². The molecular formula is C23H26N6O. The molecule has 0 saturated heterocycles. The summed E-state index contributed by atoms with van der Waals surface area (Å²) in [6.07, 6.45) is 3.35. The third-order valence-corrected chi connectivity index (χ3v) is 4.60. The summed E-state index contributed by atoms with van der Waals surface area (Å²) in [7, 11) is 0. The van der Waals surface area contributed by atoms with Crippen LogP contribution in [0.1, 0.15) is 30.8 Å². The molecule has 0 fully saturated rings. The molecule has 0 atom stereocenters. The third kappa shape index (κ3) is 5.96. The van der Waals surface area contributed by atoms with Crippen LogP contribution in [0, 0.1) is 0 Å². The number of rotatable bonds is 8. The van der Waals surface area contributed by atoms with Gasteiger partial charge in [-0.15, -0.1) is 0 Å².